The summed E-state index contributed by atoms with van der Waals surface area (Å²) >= 11 is 8.27. The largest absolute Gasteiger partial charge is 0.166 e. The number of halogens is 2. The van der Waals surface area contributed by atoms with Crippen molar-refractivity contribution in [3.05, 3.63) is 0 Å². The van der Waals surface area contributed by atoms with Crippen LogP contribution >= 0.6 is 23.7 Å². The number of hydrogen-bond acceptors (Lipinski definition) is 3. The Morgan fingerprint density at radius 1 is 1.00 bits per heavy atom. The minimum atomic E-state index is -0.263. The summed E-state index contributed by atoms with van der Waals surface area (Å²) in [6.45, 7) is 5.90. The first kappa shape index (κ1) is 15.5. The molecular weight excluding hydrogens is 242 g/mol. The molecule has 0 unspecified atom stereocenters. The minimum Gasteiger partial charge on any atom is -0.166 e. The van der Waals surface area contributed by atoms with E-state index in [1.165, 1.54) is 0 Å². The fourth-order valence-electron chi connectivity index (χ4n) is 0.294. The second-order valence-corrected chi connectivity index (χ2v) is 3.31. The van der Waals surface area contributed by atoms with E-state index in [0.717, 1.165) is 26.1 Å². The Hall–Kier alpha value is 1.04. The van der Waals surface area contributed by atoms with E-state index in [4.69, 9.17) is 7.32 Å². The molecule has 0 saturated carbocycles. The van der Waals surface area contributed by atoms with Gasteiger partial charge in [0.25, 0.3) is 0 Å². The summed E-state index contributed by atoms with van der Waals surface area (Å²) in [5.41, 5.74) is 0. The molecule has 0 spiro atoms. The molecule has 0 atom stereocenters. The van der Waals surface area contributed by atoms with Gasteiger partial charge >= 0.3 is 64.2 Å². The third-order valence-corrected chi connectivity index (χ3v) is 1.60. The first-order chi connectivity index (χ1) is 5.83. The third kappa shape index (κ3) is 22.5. The van der Waals surface area contributed by atoms with Gasteiger partial charge in [-0.3, -0.25) is 0 Å². The Kier molecular flexibility index (Phi) is 23.2. The maximum atomic E-state index is 5.16. The van der Waals surface area contributed by atoms with Gasteiger partial charge in [0.1, 0.15) is 0 Å². The van der Waals surface area contributed by atoms with Crippen molar-refractivity contribution < 1.29 is 28.2 Å². The zero-order chi connectivity index (χ0) is 9.66. The van der Waals surface area contributed by atoms with Crippen molar-refractivity contribution in [1.29, 1.82) is 0 Å². The monoisotopic (exact) mass is 255 g/mol. The molecule has 0 heterocycles. The summed E-state index contributed by atoms with van der Waals surface area (Å²) in [4.78, 5) is 0. The van der Waals surface area contributed by atoms with Crippen LogP contribution in [0.25, 0.3) is 0 Å². The molecule has 0 aliphatic rings. The summed E-state index contributed by atoms with van der Waals surface area (Å²) < 4.78 is 13.5. The van der Waals surface area contributed by atoms with Crippen molar-refractivity contribution in [2.24, 2.45) is 0 Å². The van der Waals surface area contributed by atoms with Crippen LogP contribution < -0.4 is 0 Å². The molecule has 12 heavy (non-hydrogen) atoms. The predicted molar refractivity (Wildman–Crippen MR) is 45.3 cm³/mol. The van der Waals surface area contributed by atoms with Gasteiger partial charge in [0, 0.05) is 0 Å². The van der Waals surface area contributed by atoms with E-state index >= 15 is 0 Å². The molecule has 3 nitrogen and oxygen atoms in total. The molecule has 0 fully saturated rings. The second-order valence-electron chi connectivity index (χ2n) is 1.80. The Labute approximate surface area is 91.8 Å². The van der Waals surface area contributed by atoms with Crippen LogP contribution in [0.4, 0.5) is 0 Å². The molecule has 0 N–H and O–H groups in total. The smallest absolute Gasteiger partial charge is 0.0832 e. The van der Waals surface area contributed by atoms with Crippen LogP contribution in [-0.2, 0) is 28.2 Å². The fraction of sp³-hybridized carbons (Fsp3) is 1.00. The molecule has 0 radical (unpaired) electrons. The van der Waals surface area contributed by atoms with E-state index in [0.29, 0.717) is 0 Å². The quantitative estimate of drug-likeness (QED) is 0.683. The van der Waals surface area contributed by atoms with Crippen LogP contribution in [-0.4, -0.2) is 13.2 Å². The van der Waals surface area contributed by atoms with Crippen LogP contribution in [0.2, 0.25) is 0 Å². The van der Waals surface area contributed by atoms with E-state index in [9.17, 15) is 0 Å². The van der Waals surface area contributed by atoms with Crippen LogP contribution in [0, 0.1) is 0 Å². The summed E-state index contributed by atoms with van der Waals surface area (Å²) in [5, 5.41) is 0. The van der Waals surface area contributed by atoms with E-state index in [2.05, 4.69) is 41.4 Å². The van der Waals surface area contributed by atoms with Crippen LogP contribution in [0.15, 0.2) is 0 Å². The Bertz CT molecular complexity index is 62.8. The first-order valence-corrected chi connectivity index (χ1v) is 5.42. The number of hydrogen-bond donors (Lipinski definition) is 0. The summed E-state index contributed by atoms with van der Waals surface area (Å²) in [6, 6.07) is 0. The van der Waals surface area contributed by atoms with Gasteiger partial charge in [-0.25, -0.2) is 0 Å². The zero-order valence-electron chi connectivity index (χ0n) is 7.26. The average Bonchev–Trinajstić information content (AvgIpc) is 2.06. The first-order valence-electron chi connectivity index (χ1n) is 3.67. The Balaban J connectivity index is 0. The van der Waals surface area contributed by atoms with Crippen molar-refractivity contribution >= 4 is 23.7 Å². The van der Waals surface area contributed by atoms with Gasteiger partial charge in [-0.2, -0.15) is 3.84 Å². The summed E-state index contributed by atoms with van der Waals surface area (Å²) in [5.74, 6) is 0. The van der Waals surface area contributed by atoms with Gasteiger partial charge in [-0.15, -0.1) is 0 Å². The molecule has 0 saturated heterocycles. The van der Waals surface area contributed by atoms with Crippen molar-refractivity contribution in [3.63, 3.8) is 0 Å². The maximum absolute atomic E-state index is 5.16. The number of rotatable bonds is 6. The van der Waals surface area contributed by atoms with Gasteiger partial charge in [-0.1, -0.05) is 0 Å². The SMILES string of the molecule is CCC[O][V][O]CCC.ClOCl. The van der Waals surface area contributed by atoms with E-state index in [1.807, 2.05) is 0 Å². The van der Waals surface area contributed by atoms with Gasteiger partial charge < -0.3 is 0 Å². The molecule has 0 rings (SSSR count). The molecule has 6 heteroatoms. The van der Waals surface area contributed by atoms with Crippen LogP contribution in [0.1, 0.15) is 26.7 Å². The van der Waals surface area contributed by atoms with Crippen molar-refractivity contribution in [2.45, 2.75) is 26.7 Å². The molecule has 0 aromatic rings. The summed E-state index contributed by atoms with van der Waals surface area (Å²) in [7, 11) is 0. The molecule has 0 amide bonds. The zero-order valence-corrected chi connectivity index (χ0v) is 10.2. The standard InChI is InChI=1S/2C3H7O.Cl2O.V/c2*1-2-3-4;1-3-2;/h2*2-3H2,1H3;;/q2*-1;;+2. The maximum Gasteiger partial charge on any atom is 0.0832 e. The molecular formula is C6H14Cl2O3V. The normalized spacial score (nSPS) is 8.67. The van der Waals surface area contributed by atoms with Gasteiger partial charge in [0.15, 0.2) is 0 Å². The van der Waals surface area contributed by atoms with Gasteiger partial charge in [0.2, 0.25) is 0 Å². The van der Waals surface area contributed by atoms with Gasteiger partial charge in [-0.05, 0) is 0 Å². The molecule has 0 aromatic carbocycles. The second kappa shape index (κ2) is 18.0. The van der Waals surface area contributed by atoms with Gasteiger partial charge in [0.05, 0.1) is 23.7 Å². The molecule has 0 aliphatic heterocycles. The third-order valence-electron chi connectivity index (χ3n) is 0.696. The Morgan fingerprint density at radius 2 is 1.33 bits per heavy atom. The molecule has 0 aromatic heterocycles. The Morgan fingerprint density at radius 3 is 1.58 bits per heavy atom. The predicted octanol–water partition coefficient (Wildman–Crippen LogP) is 3.06. The molecule has 75 valence electrons. The van der Waals surface area contributed by atoms with E-state index < -0.39 is 0 Å². The average molecular weight is 256 g/mol. The van der Waals surface area contributed by atoms with Crippen molar-refractivity contribution in [2.75, 3.05) is 13.2 Å². The van der Waals surface area contributed by atoms with Crippen molar-refractivity contribution in [1.82, 2.24) is 0 Å². The summed E-state index contributed by atoms with van der Waals surface area (Å²) in [6.07, 6.45) is 2.18. The topological polar surface area (TPSA) is 27.7 Å². The van der Waals surface area contributed by atoms with E-state index in [1.54, 1.807) is 0 Å². The fourth-order valence-corrected chi connectivity index (χ4v) is 1.21. The minimum absolute atomic E-state index is 0.263. The van der Waals surface area contributed by atoms with Crippen molar-refractivity contribution in [3.8, 4) is 0 Å². The molecule has 0 bridgehead atoms. The van der Waals surface area contributed by atoms with E-state index in [-0.39, 0.29) is 17.0 Å². The van der Waals surface area contributed by atoms with Crippen LogP contribution in [0.5, 0.6) is 0 Å². The van der Waals surface area contributed by atoms with Crippen LogP contribution in [0.3, 0.4) is 0 Å². The molecule has 0 aliphatic carbocycles.